The number of benzene rings is 3. The topological polar surface area (TPSA) is 101 Å². The summed E-state index contributed by atoms with van der Waals surface area (Å²) in [6.07, 6.45) is 1.59. The van der Waals surface area contributed by atoms with E-state index >= 15 is 0 Å². The third kappa shape index (κ3) is 5.05. The highest BCUT2D eigenvalue weighted by molar-refractivity contribution is 6.31. The average Bonchev–Trinajstić information content (AvgIpc) is 2.80. The largest absolute Gasteiger partial charge is 0.496 e. The summed E-state index contributed by atoms with van der Waals surface area (Å²) in [4.78, 5) is 28.3. The Morgan fingerprint density at radius 3 is 2.45 bits per heavy atom. The number of amides is 1. The number of halogens is 1. The SMILES string of the molecule is COc1cc2nccc(Oc3ccc(CC(=O)Oc4ccccc4)c(Cl)c3)c2cc1C(N)=O. The molecule has 4 aromatic rings. The van der Waals surface area contributed by atoms with Crippen LogP contribution in [0.1, 0.15) is 15.9 Å². The number of hydrogen-bond acceptors (Lipinski definition) is 6. The standard InChI is InChI=1S/C25H19ClN2O5/c1-31-23-14-21-18(13-19(23)25(27)30)22(9-10-28-21)32-17-8-7-15(20(26)12-17)11-24(29)33-16-5-3-2-4-6-16/h2-10,12-14H,11H2,1H3,(H2,27,30). The van der Waals surface area contributed by atoms with Gasteiger partial charge in [-0.15, -0.1) is 0 Å². The van der Waals surface area contributed by atoms with Gasteiger partial charge in [-0.2, -0.15) is 0 Å². The molecule has 0 saturated heterocycles. The Labute approximate surface area is 194 Å². The van der Waals surface area contributed by atoms with Crippen LogP contribution in [0.5, 0.6) is 23.0 Å². The van der Waals surface area contributed by atoms with Crippen LogP contribution >= 0.6 is 11.6 Å². The summed E-state index contributed by atoms with van der Waals surface area (Å²) in [7, 11) is 1.45. The van der Waals surface area contributed by atoms with Gasteiger partial charge in [0.05, 0.1) is 24.6 Å². The summed E-state index contributed by atoms with van der Waals surface area (Å²) in [5.74, 6) is 0.647. The van der Waals surface area contributed by atoms with Crippen LogP contribution in [0.15, 0.2) is 72.9 Å². The van der Waals surface area contributed by atoms with Crippen LogP contribution in [0, 0.1) is 0 Å². The molecule has 0 spiro atoms. The first-order valence-electron chi connectivity index (χ1n) is 9.93. The Kier molecular flexibility index (Phi) is 6.42. The van der Waals surface area contributed by atoms with Crippen LogP contribution in [0.2, 0.25) is 5.02 Å². The monoisotopic (exact) mass is 462 g/mol. The van der Waals surface area contributed by atoms with Crippen LogP contribution in [-0.4, -0.2) is 24.0 Å². The number of primary amides is 1. The van der Waals surface area contributed by atoms with Gasteiger partial charge in [0.15, 0.2) is 0 Å². The zero-order valence-corrected chi connectivity index (χ0v) is 18.3. The highest BCUT2D eigenvalue weighted by Crippen LogP contribution is 2.34. The number of esters is 1. The van der Waals surface area contributed by atoms with Gasteiger partial charge in [0.2, 0.25) is 0 Å². The molecule has 166 valence electrons. The molecule has 2 N–H and O–H groups in total. The maximum Gasteiger partial charge on any atom is 0.315 e. The number of carbonyl (C=O) groups is 2. The number of fused-ring (bicyclic) bond motifs is 1. The second-order valence-corrected chi connectivity index (χ2v) is 7.47. The number of ether oxygens (including phenoxy) is 3. The fourth-order valence-electron chi connectivity index (χ4n) is 3.27. The second kappa shape index (κ2) is 9.58. The zero-order valence-electron chi connectivity index (χ0n) is 17.6. The normalized spacial score (nSPS) is 10.6. The van der Waals surface area contributed by atoms with Crippen LogP contribution in [0.3, 0.4) is 0 Å². The molecule has 0 fully saturated rings. The number of carbonyl (C=O) groups excluding carboxylic acids is 2. The number of pyridine rings is 1. The molecule has 7 nitrogen and oxygen atoms in total. The van der Waals surface area contributed by atoms with Gasteiger partial charge in [-0.05, 0) is 42.0 Å². The van der Waals surface area contributed by atoms with E-state index in [1.807, 2.05) is 6.07 Å². The van der Waals surface area contributed by atoms with Gasteiger partial charge in [-0.25, -0.2) is 0 Å². The Morgan fingerprint density at radius 1 is 0.970 bits per heavy atom. The van der Waals surface area contributed by atoms with E-state index in [-0.39, 0.29) is 12.0 Å². The minimum absolute atomic E-state index is 0.00790. The first-order valence-corrected chi connectivity index (χ1v) is 10.3. The molecule has 3 aromatic carbocycles. The van der Waals surface area contributed by atoms with E-state index in [1.54, 1.807) is 66.9 Å². The summed E-state index contributed by atoms with van der Waals surface area (Å²) in [5, 5.41) is 0.939. The van der Waals surface area contributed by atoms with Crippen LogP contribution in [0.25, 0.3) is 10.9 Å². The minimum atomic E-state index is -0.627. The predicted octanol–water partition coefficient (Wildman–Crippen LogP) is 4.94. The molecular weight excluding hydrogens is 444 g/mol. The Bertz CT molecular complexity index is 1340. The molecule has 1 amide bonds. The molecule has 33 heavy (non-hydrogen) atoms. The third-order valence-corrected chi connectivity index (χ3v) is 5.20. The van der Waals surface area contributed by atoms with Crippen molar-refractivity contribution in [2.45, 2.75) is 6.42 Å². The molecule has 0 radical (unpaired) electrons. The van der Waals surface area contributed by atoms with Gasteiger partial charge in [-0.3, -0.25) is 14.6 Å². The van der Waals surface area contributed by atoms with Crippen molar-refractivity contribution in [1.82, 2.24) is 4.98 Å². The third-order valence-electron chi connectivity index (χ3n) is 4.85. The molecule has 4 rings (SSSR count). The van der Waals surface area contributed by atoms with Gasteiger partial charge in [0, 0.05) is 22.7 Å². The van der Waals surface area contributed by atoms with Crippen LogP contribution in [0.4, 0.5) is 0 Å². The fraction of sp³-hybridized carbons (Fsp3) is 0.0800. The average molecular weight is 463 g/mol. The van der Waals surface area contributed by atoms with E-state index in [1.165, 1.54) is 7.11 Å². The van der Waals surface area contributed by atoms with Gasteiger partial charge in [0.25, 0.3) is 5.91 Å². The molecule has 0 aliphatic carbocycles. The van der Waals surface area contributed by atoms with Gasteiger partial charge < -0.3 is 19.9 Å². The highest BCUT2D eigenvalue weighted by Gasteiger charge is 2.15. The van der Waals surface area contributed by atoms with Crippen molar-refractivity contribution in [1.29, 1.82) is 0 Å². The number of para-hydroxylation sites is 1. The van der Waals surface area contributed by atoms with Crippen molar-refractivity contribution in [2.75, 3.05) is 7.11 Å². The lowest BCUT2D eigenvalue weighted by Gasteiger charge is -2.13. The van der Waals surface area contributed by atoms with Crippen molar-refractivity contribution in [3.8, 4) is 23.0 Å². The maximum atomic E-state index is 12.2. The van der Waals surface area contributed by atoms with E-state index in [2.05, 4.69) is 4.98 Å². The number of rotatable bonds is 7. The quantitative estimate of drug-likeness (QED) is 0.308. The predicted molar refractivity (Wildman–Crippen MR) is 124 cm³/mol. The molecule has 0 atom stereocenters. The summed E-state index contributed by atoms with van der Waals surface area (Å²) < 4.78 is 16.5. The summed E-state index contributed by atoms with van der Waals surface area (Å²) in [5.41, 5.74) is 6.86. The lowest BCUT2D eigenvalue weighted by molar-refractivity contribution is -0.133. The van der Waals surface area contributed by atoms with Crippen molar-refractivity contribution in [3.63, 3.8) is 0 Å². The highest BCUT2D eigenvalue weighted by atomic mass is 35.5. The smallest absolute Gasteiger partial charge is 0.315 e. The Hall–Kier alpha value is -4.10. The van der Waals surface area contributed by atoms with Crippen molar-refractivity contribution in [2.24, 2.45) is 5.73 Å². The molecule has 0 bridgehead atoms. The number of nitrogens with two attached hydrogens (primary N) is 1. The van der Waals surface area contributed by atoms with E-state index in [4.69, 9.17) is 31.5 Å². The summed E-state index contributed by atoms with van der Waals surface area (Å²) in [6, 6.07) is 18.7. The summed E-state index contributed by atoms with van der Waals surface area (Å²) in [6.45, 7) is 0. The molecule has 0 aliphatic rings. The van der Waals surface area contributed by atoms with E-state index in [0.29, 0.717) is 44.5 Å². The molecule has 0 saturated carbocycles. The number of hydrogen-bond donors (Lipinski definition) is 1. The second-order valence-electron chi connectivity index (χ2n) is 7.06. The molecule has 0 unspecified atom stereocenters. The van der Waals surface area contributed by atoms with Gasteiger partial charge in [-0.1, -0.05) is 35.9 Å². The van der Waals surface area contributed by atoms with E-state index in [0.717, 1.165) is 0 Å². The lowest BCUT2D eigenvalue weighted by Crippen LogP contribution is -2.12. The fourth-order valence-corrected chi connectivity index (χ4v) is 3.51. The summed E-state index contributed by atoms with van der Waals surface area (Å²) >= 11 is 6.39. The minimum Gasteiger partial charge on any atom is -0.496 e. The molecule has 8 heteroatoms. The molecule has 0 aliphatic heterocycles. The number of aromatic nitrogens is 1. The Balaban J connectivity index is 1.56. The van der Waals surface area contributed by atoms with E-state index in [9.17, 15) is 9.59 Å². The van der Waals surface area contributed by atoms with Crippen molar-refractivity contribution >= 4 is 34.4 Å². The van der Waals surface area contributed by atoms with Crippen molar-refractivity contribution < 1.29 is 23.8 Å². The zero-order chi connectivity index (χ0) is 23.4. The molecule has 1 aromatic heterocycles. The van der Waals surface area contributed by atoms with Crippen LogP contribution in [-0.2, 0) is 11.2 Å². The maximum absolute atomic E-state index is 12.2. The van der Waals surface area contributed by atoms with Crippen LogP contribution < -0.4 is 19.9 Å². The van der Waals surface area contributed by atoms with Crippen molar-refractivity contribution in [3.05, 3.63) is 89.1 Å². The molecular formula is C25H19ClN2O5. The molecule has 1 heterocycles. The first-order chi connectivity index (χ1) is 15.9. The van der Waals surface area contributed by atoms with Gasteiger partial charge >= 0.3 is 5.97 Å². The van der Waals surface area contributed by atoms with Gasteiger partial charge in [0.1, 0.15) is 23.0 Å². The number of methoxy groups -OCH3 is 1. The number of nitrogens with zero attached hydrogens (tertiary/aromatic N) is 1. The Morgan fingerprint density at radius 2 is 1.76 bits per heavy atom. The lowest BCUT2D eigenvalue weighted by atomic mass is 10.1. The van der Waals surface area contributed by atoms with E-state index < -0.39 is 11.9 Å². The first kappa shape index (κ1) is 22.1.